The van der Waals surface area contributed by atoms with E-state index in [1.165, 1.54) is 93.9 Å². The molecule has 0 amide bonds. The van der Waals surface area contributed by atoms with E-state index < -0.39 is 0 Å². The standard InChI is InChI=1S/C56H68N2/c1-40-25-26-45(33-35-57(53-23-13-12-22-51(40)53)49-30-27-44(28-31-49)41-16-6-3-7-17-41)46-29-32-54-52(39-46)56(2)34-15-14-24-55(56)58(54)50-37-47(42-18-8-4-9-19-42)36-48(38-50)43-20-10-5-11-21-43/h3-10,13,16-18,23,26,29-30,32,36-37,39-40,42-44,50,52,54-55H,11-12,14-15,19-22,24-25,27-28,31,33-35,38H2,1-2H3/b45-26+. The lowest BCUT2D eigenvalue weighted by Crippen LogP contribution is -2.48. The summed E-state index contributed by atoms with van der Waals surface area (Å²) in [6, 6.07) is 12.8. The highest BCUT2D eigenvalue weighted by Gasteiger charge is 2.57. The molecule has 2 heterocycles. The quantitative estimate of drug-likeness (QED) is 0.266. The SMILES string of the molecule is CC1C/C=C(/C2=CC3C(C=C2)N(C2C=C(C4C=CC=CC4)C=C(C4CC=CCC4)C2)C2CCCCC32C)CCN(C2=CCC(c3ccccc3)CC2)C2=C1CCC=C2. The van der Waals surface area contributed by atoms with Crippen molar-refractivity contribution in [3.05, 3.63) is 166 Å². The molecule has 1 saturated carbocycles. The Labute approximate surface area is 351 Å². The normalized spacial score (nSPS) is 37.3. The number of nitrogens with zero attached hydrogens (tertiary/aromatic N) is 2. The summed E-state index contributed by atoms with van der Waals surface area (Å²) in [6.45, 7) is 6.28. The van der Waals surface area contributed by atoms with Gasteiger partial charge in [-0.05, 0) is 147 Å². The second-order valence-corrected chi connectivity index (χ2v) is 19.7. The largest absolute Gasteiger partial charge is 0.345 e. The van der Waals surface area contributed by atoms with E-state index in [4.69, 9.17) is 0 Å². The van der Waals surface area contributed by atoms with Gasteiger partial charge in [-0.15, -0.1) is 0 Å². The molecule has 0 spiro atoms. The van der Waals surface area contributed by atoms with E-state index in [9.17, 15) is 0 Å². The van der Waals surface area contributed by atoms with Crippen LogP contribution in [0.2, 0.25) is 0 Å². The Hall–Kier alpha value is -3.88. The first kappa shape index (κ1) is 38.3. The minimum atomic E-state index is 0.307. The average molecular weight is 769 g/mol. The predicted octanol–water partition coefficient (Wildman–Crippen LogP) is 14.0. The molecule has 2 fully saturated rings. The smallest absolute Gasteiger partial charge is 0.0399 e. The van der Waals surface area contributed by atoms with E-state index in [-0.39, 0.29) is 0 Å². The topological polar surface area (TPSA) is 6.48 Å². The van der Waals surface area contributed by atoms with Crippen LogP contribution in [0.4, 0.5) is 0 Å². The van der Waals surface area contributed by atoms with Crippen molar-refractivity contribution in [1.82, 2.24) is 9.80 Å². The number of allylic oxidation sites excluding steroid dienone is 16. The zero-order chi connectivity index (χ0) is 39.1. The highest BCUT2D eigenvalue weighted by molar-refractivity contribution is 5.48. The molecule has 2 heteroatoms. The lowest BCUT2D eigenvalue weighted by Gasteiger charge is -2.44. The first-order chi connectivity index (χ1) is 28.5. The van der Waals surface area contributed by atoms with Crippen LogP contribution < -0.4 is 0 Å². The minimum Gasteiger partial charge on any atom is -0.345 e. The Kier molecular flexibility index (Phi) is 11.0. The fourth-order valence-corrected chi connectivity index (χ4v) is 13.1. The van der Waals surface area contributed by atoms with Crippen LogP contribution in [-0.4, -0.2) is 34.5 Å². The summed E-state index contributed by atoms with van der Waals surface area (Å²) in [7, 11) is 0. The molecule has 9 aliphatic rings. The molecule has 1 saturated heterocycles. The zero-order valence-electron chi connectivity index (χ0n) is 35.6. The lowest BCUT2D eigenvalue weighted by molar-refractivity contribution is 0.0833. The summed E-state index contributed by atoms with van der Waals surface area (Å²) in [6.07, 6.45) is 57.8. The third kappa shape index (κ3) is 7.35. The molecule has 2 nitrogen and oxygen atoms in total. The van der Waals surface area contributed by atoms with Gasteiger partial charge in [-0.25, -0.2) is 0 Å². The maximum Gasteiger partial charge on any atom is 0.0399 e. The van der Waals surface area contributed by atoms with Gasteiger partial charge in [-0.1, -0.05) is 148 Å². The van der Waals surface area contributed by atoms with Gasteiger partial charge in [0.25, 0.3) is 0 Å². The van der Waals surface area contributed by atoms with Gasteiger partial charge in [0.05, 0.1) is 0 Å². The number of fused-ring (bicyclic) bond motifs is 3. The molecule has 9 unspecified atom stereocenters. The Balaban J connectivity index is 0.943. The van der Waals surface area contributed by atoms with Gasteiger partial charge in [0.15, 0.2) is 0 Å². The van der Waals surface area contributed by atoms with Gasteiger partial charge in [0.1, 0.15) is 0 Å². The van der Waals surface area contributed by atoms with E-state index in [1.54, 1.807) is 28.0 Å². The summed E-state index contributed by atoms with van der Waals surface area (Å²) in [4.78, 5) is 5.87. The lowest BCUT2D eigenvalue weighted by atomic mass is 9.64. The zero-order valence-corrected chi connectivity index (χ0v) is 35.6. The van der Waals surface area contributed by atoms with Crippen LogP contribution in [0.1, 0.15) is 128 Å². The molecule has 0 aromatic heterocycles. The van der Waals surface area contributed by atoms with Crippen LogP contribution in [0.15, 0.2) is 161 Å². The molecular formula is C56H68N2. The number of benzene rings is 1. The third-order valence-electron chi connectivity index (χ3n) is 16.4. The molecule has 0 N–H and O–H groups in total. The van der Waals surface area contributed by atoms with E-state index in [0.717, 1.165) is 32.2 Å². The molecule has 0 bridgehead atoms. The average Bonchev–Trinajstić information content (AvgIpc) is 3.59. The predicted molar refractivity (Wildman–Crippen MR) is 244 cm³/mol. The highest BCUT2D eigenvalue weighted by Crippen LogP contribution is 2.57. The second kappa shape index (κ2) is 16.6. The molecule has 58 heavy (non-hydrogen) atoms. The van der Waals surface area contributed by atoms with Crippen LogP contribution in [0.3, 0.4) is 0 Å². The molecule has 302 valence electrons. The molecule has 1 aromatic carbocycles. The van der Waals surface area contributed by atoms with Crippen molar-refractivity contribution in [3.63, 3.8) is 0 Å². The maximum atomic E-state index is 3.09. The van der Waals surface area contributed by atoms with Crippen LogP contribution in [0.25, 0.3) is 0 Å². The van der Waals surface area contributed by atoms with Crippen LogP contribution in [0.5, 0.6) is 0 Å². The summed E-state index contributed by atoms with van der Waals surface area (Å²) >= 11 is 0. The number of hydrogen-bond acceptors (Lipinski definition) is 2. The van der Waals surface area contributed by atoms with Gasteiger partial charge in [0, 0.05) is 47.9 Å². The molecule has 0 radical (unpaired) electrons. The van der Waals surface area contributed by atoms with Crippen molar-refractivity contribution >= 4 is 0 Å². The summed E-state index contributed by atoms with van der Waals surface area (Å²) in [5, 5.41) is 0. The first-order valence-corrected chi connectivity index (χ1v) is 23.7. The van der Waals surface area contributed by atoms with Gasteiger partial charge in [-0.3, -0.25) is 4.90 Å². The van der Waals surface area contributed by atoms with Crippen molar-refractivity contribution in [2.24, 2.45) is 29.1 Å². The molecule has 10 rings (SSSR count). The van der Waals surface area contributed by atoms with Crippen molar-refractivity contribution in [3.8, 4) is 0 Å². The Morgan fingerprint density at radius 2 is 1.69 bits per heavy atom. The maximum absolute atomic E-state index is 3.09. The van der Waals surface area contributed by atoms with Crippen LogP contribution >= 0.6 is 0 Å². The molecular weight excluding hydrogens is 701 g/mol. The summed E-state index contributed by atoms with van der Waals surface area (Å²) < 4.78 is 0. The van der Waals surface area contributed by atoms with Crippen molar-refractivity contribution in [2.75, 3.05) is 6.54 Å². The second-order valence-electron chi connectivity index (χ2n) is 19.7. The monoisotopic (exact) mass is 769 g/mol. The summed E-state index contributed by atoms with van der Waals surface area (Å²) in [5.41, 5.74) is 13.0. The highest BCUT2D eigenvalue weighted by atomic mass is 15.3. The van der Waals surface area contributed by atoms with Gasteiger partial charge < -0.3 is 4.90 Å². The van der Waals surface area contributed by atoms with Crippen LogP contribution in [-0.2, 0) is 0 Å². The van der Waals surface area contributed by atoms with E-state index >= 15 is 0 Å². The number of likely N-dealkylation sites (tertiary alicyclic amines) is 1. The van der Waals surface area contributed by atoms with Gasteiger partial charge >= 0.3 is 0 Å². The third-order valence-corrected chi connectivity index (χ3v) is 16.4. The fraction of sp³-hybridized carbons (Fsp3) is 0.500. The Morgan fingerprint density at radius 1 is 0.759 bits per heavy atom. The fourth-order valence-electron chi connectivity index (χ4n) is 13.1. The van der Waals surface area contributed by atoms with Gasteiger partial charge in [-0.2, -0.15) is 0 Å². The first-order valence-electron chi connectivity index (χ1n) is 23.7. The van der Waals surface area contributed by atoms with Gasteiger partial charge in [0.2, 0.25) is 0 Å². The van der Waals surface area contributed by atoms with E-state index in [0.29, 0.717) is 53.1 Å². The molecule has 2 aliphatic heterocycles. The molecule has 1 aromatic rings. The van der Waals surface area contributed by atoms with Crippen molar-refractivity contribution < 1.29 is 0 Å². The number of rotatable bonds is 6. The molecule has 9 atom stereocenters. The van der Waals surface area contributed by atoms with Crippen molar-refractivity contribution in [1.29, 1.82) is 0 Å². The Morgan fingerprint density at radius 3 is 2.52 bits per heavy atom. The van der Waals surface area contributed by atoms with E-state index in [1.807, 2.05) is 0 Å². The van der Waals surface area contributed by atoms with E-state index in [2.05, 4.69) is 145 Å². The number of hydrogen-bond donors (Lipinski definition) is 0. The Bertz CT molecular complexity index is 2060. The van der Waals surface area contributed by atoms with Crippen LogP contribution in [0, 0.1) is 29.1 Å². The minimum absolute atomic E-state index is 0.307. The molecule has 7 aliphatic carbocycles. The summed E-state index contributed by atoms with van der Waals surface area (Å²) in [5.74, 6) is 2.97. The van der Waals surface area contributed by atoms with Crippen molar-refractivity contribution in [2.45, 2.75) is 141 Å².